The standard InChI is InChI=1S/C16H23N5S2/c1-9(2)23-13-7-6-12(8-10(13)3)11(4)18-15-19-14(17)20-16(21-15)22-5/h6-9,11H,1-5H3,(H3,17,18,19,20,21). The van der Waals surface area contributed by atoms with Gasteiger partial charge in [0.25, 0.3) is 0 Å². The van der Waals surface area contributed by atoms with Crippen molar-refractivity contribution in [3.8, 4) is 0 Å². The zero-order valence-corrected chi connectivity index (χ0v) is 15.8. The third-order valence-electron chi connectivity index (χ3n) is 3.22. The number of nitrogen functional groups attached to an aromatic ring is 1. The lowest BCUT2D eigenvalue weighted by Gasteiger charge is -2.17. The van der Waals surface area contributed by atoms with Gasteiger partial charge in [-0.05, 0) is 37.3 Å². The topological polar surface area (TPSA) is 76.7 Å². The predicted octanol–water partition coefficient (Wildman–Crippen LogP) is 4.16. The van der Waals surface area contributed by atoms with Gasteiger partial charge < -0.3 is 11.1 Å². The smallest absolute Gasteiger partial charge is 0.228 e. The van der Waals surface area contributed by atoms with Crippen molar-refractivity contribution in [3.63, 3.8) is 0 Å². The molecule has 5 nitrogen and oxygen atoms in total. The number of aromatic nitrogens is 3. The van der Waals surface area contributed by atoms with Gasteiger partial charge in [-0.25, -0.2) is 0 Å². The number of nitrogens with one attached hydrogen (secondary N) is 1. The van der Waals surface area contributed by atoms with Gasteiger partial charge in [-0.15, -0.1) is 11.8 Å². The van der Waals surface area contributed by atoms with Crippen LogP contribution in [0.15, 0.2) is 28.3 Å². The average Bonchev–Trinajstić information content (AvgIpc) is 2.48. The van der Waals surface area contributed by atoms with E-state index in [4.69, 9.17) is 5.73 Å². The summed E-state index contributed by atoms with van der Waals surface area (Å²) < 4.78 is 0. The van der Waals surface area contributed by atoms with E-state index >= 15 is 0 Å². The molecule has 1 heterocycles. The van der Waals surface area contributed by atoms with Crippen LogP contribution in [0.3, 0.4) is 0 Å². The van der Waals surface area contributed by atoms with E-state index in [2.05, 4.69) is 66.2 Å². The Labute approximate surface area is 146 Å². The molecule has 0 spiro atoms. The summed E-state index contributed by atoms with van der Waals surface area (Å²) in [6, 6.07) is 6.63. The Balaban J connectivity index is 2.16. The normalized spacial score (nSPS) is 12.4. The van der Waals surface area contributed by atoms with Gasteiger partial charge in [-0.3, -0.25) is 0 Å². The molecule has 2 aromatic rings. The first-order chi connectivity index (χ1) is 10.9. The highest BCUT2D eigenvalue weighted by molar-refractivity contribution is 8.00. The molecule has 124 valence electrons. The number of thioether (sulfide) groups is 2. The highest BCUT2D eigenvalue weighted by Gasteiger charge is 2.11. The number of hydrogen-bond acceptors (Lipinski definition) is 7. The van der Waals surface area contributed by atoms with Crippen LogP contribution in [0.4, 0.5) is 11.9 Å². The molecule has 0 fully saturated rings. The molecule has 1 atom stereocenters. The lowest BCUT2D eigenvalue weighted by atomic mass is 10.1. The number of hydrogen-bond donors (Lipinski definition) is 2. The minimum Gasteiger partial charge on any atom is -0.368 e. The van der Waals surface area contributed by atoms with E-state index in [1.807, 2.05) is 18.0 Å². The summed E-state index contributed by atoms with van der Waals surface area (Å²) in [6.07, 6.45) is 1.91. The van der Waals surface area contributed by atoms with E-state index in [0.29, 0.717) is 16.4 Å². The fourth-order valence-corrected chi connectivity index (χ4v) is 3.39. The molecule has 0 aliphatic carbocycles. The van der Waals surface area contributed by atoms with Crippen LogP contribution in [-0.2, 0) is 0 Å². The summed E-state index contributed by atoms with van der Waals surface area (Å²) in [5, 5.41) is 4.49. The number of benzene rings is 1. The van der Waals surface area contributed by atoms with Crippen molar-refractivity contribution in [1.29, 1.82) is 0 Å². The van der Waals surface area contributed by atoms with Crippen LogP contribution in [-0.4, -0.2) is 26.5 Å². The fraction of sp³-hybridized carbons (Fsp3) is 0.438. The van der Waals surface area contributed by atoms with Gasteiger partial charge in [-0.1, -0.05) is 37.7 Å². The molecule has 0 saturated heterocycles. The number of nitrogens with two attached hydrogens (primary N) is 1. The van der Waals surface area contributed by atoms with E-state index in [0.717, 1.165) is 0 Å². The van der Waals surface area contributed by atoms with Crippen molar-refractivity contribution in [2.45, 2.75) is 49.0 Å². The Bertz CT molecular complexity index is 676. The molecule has 2 rings (SSSR count). The summed E-state index contributed by atoms with van der Waals surface area (Å²) in [5.74, 6) is 0.742. The molecule has 1 aromatic heterocycles. The van der Waals surface area contributed by atoms with E-state index in [9.17, 15) is 0 Å². The van der Waals surface area contributed by atoms with Crippen molar-refractivity contribution in [3.05, 3.63) is 29.3 Å². The Morgan fingerprint density at radius 1 is 1.13 bits per heavy atom. The minimum absolute atomic E-state index is 0.0864. The lowest BCUT2D eigenvalue weighted by molar-refractivity contribution is 0.828. The van der Waals surface area contributed by atoms with Crippen molar-refractivity contribution < 1.29 is 0 Å². The van der Waals surface area contributed by atoms with E-state index in [1.54, 1.807) is 0 Å². The molecule has 1 unspecified atom stereocenters. The third kappa shape index (κ3) is 5.00. The zero-order valence-electron chi connectivity index (χ0n) is 14.1. The first-order valence-electron chi connectivity index (χ1n) is 7.48. The Morgan fingerprint density at radius 3 is 2.48 bits per heavy atom. The van der Waals surface area contributed by atoms with Crippen LogP contribution in [0.5, 0.6) is 0 Å². The highest BCUT2D eigenvalue weighted by Crippen LogP contribution is 2.29. The zero-order chi connectivity index (χ0) is 17.0. The molecule has 0 amide bonds. The van der Waals surface area contributed by atoms with E-state index in [-0.39, 0.29) is 12.0 Å². The lowest BCUT2D eigenvalue weighted by Crippen LogP contribution is -2.12. The second-order valence-electron chi connectivity index (χ2n) is 5.56. The van der Waals surface area contributed by atoms with Crippen molar-refractivity contribution in [2.24, 2.45) is 0 Å². The molecule has 7 heteroatoms. The fourth-order valence-electron chi connectivity index (χ4n) is 2.13. The number of rotatable bonds is 6. The molecular weight excluding hydrogens is 326 g/mol. The molecule has 0 saturated carbocycles. The summed E-state index contributed by atoms with van der Waals surface area (Å²) >= 11 is 3.33. The van der Waals surface area contributed by atoms with Gasteiger partial charge >= 0.3 is 0 Å². The van der Waals surface area contributed by atoms with Crippen LogP contribution in [0, 0.1) is 6.92 Å². The van der Waals surface area contributed by atoms with Crippen molar-refractivity contribution in [1.82, 2.24) is 15.0 Å². The first kappa shape index (κ1) is 17.9. The minimum atomic E-state index is 0.0864. The maximum atomic E-state index is 5.72. The van der Waals surface area contributed by atoms with Crippen LogP contribution in [0.1, 0.15) is 37.9 Å². The van der Waals surface area contributed by atoms with Gasteiger partial charge in [-0.2, -0.15) is 15.0 Å². The second kappa shape index (κ2) is 7.88. The Morgan fingerprint density at radius 2 is 1.87 bits per heavy atom. The molecule has 23 heavy (non-hydrogen) atoms. The Kier molecular flexibility index (Phi) is 6.12. The average molecular weight is 350 g/mol. The summed E-state index contributed by atoms with van der Waals surface area (Å²) in [5.41, 5.74) is 8.20. The summed E-state index contributed by atoms with van der Waals surface area (Å²) in [6.45, 7) is 8.64. The molecule has 0 radical (unpaired) electrons. The summed E-state index contributed by atoms with van der Waals surface area (Å²) in [4.78, 5) is 13.9. The molecule has 0 aliphatic rings. The van der Waals surface area contributed by atoms with Crippen LogP contribution >= 0.6 is 23.5 Å². The highest BCUT2D eigenvalue weighted by atomic mass is 32.2. The van der Waals surface area contributed by atoms with Gasteiger partial charge in [0.05, 0.1) is 6.04 Å². The van der Waals surface area contributed by atoms with Gasteiger partial charge in [0.1, 0.15) is 0 Å². The predicted molar refractivity (Wildman–Crippen MR) is 100 cm³/mol. The monoisotopic (exact) mass is 349 g/mol. The van der Waals surface area contributed by atoms with E-state index in [1.165, 1.54) is 27.8 Å². The molecule has 1 aromatic carbocycles. The van der Waals surface area contributed by atoms with Gasteiger partial charge in [0.2, 0.25) is 11.9 Å². The van der Waals surface area contributed by atoms with E-state index < -0.39 is 0 Å². The van der Waals surface area contributed by atoms with Crippen molar-refractivity contribution >= 4 is 35.4 Å². The van der Waals surface area contributed by atoms with Crippen LogP contribution < -0.4 is 11.1 Å². The molecular formula is C16H23N5S2. The Hall–Kier alpha value is -1.47. The third-order valence-corrected chi connectivity index (χ3v) is 4.95. The number of anilines is 2. The SMILES string of the molecule is CSc1nc(N)nc(NC(C)c2ccc(SC(C)C)c(C)c2)n1. The maximum Gasteiger partial charge on any atom is 0.228 e. The van der Waals surface area contributed by atoms with Crippen molar-refractivity contribution in [2.75, 3.05) is 17.3 Å². The second-order valence-corrected chi connectivity index (χ2v) is 7.95. The van der Waals surface area contributed by atoms with Gasteiger partial charge in [0, 0.05) is 10.1 Å². The first-order valence-corrected chi connectivity index (χ1v) is 9.58. The number of nitrogens with zero attached hydrogens (tertiary/aromatic N) is 3. The molecule has 0 aliphatic heterocycles. The number of aryl methyl sites for hydroxylation is 1. The quantitative estimate of drug-likeness (QED) is 0.758. The summed E-state index contributed by atoms with van der Waals surface area (Å²) in [7, 11) is 0. The van der Waals surface area contributed by atoms with Gasteiger partial charge in [0.15, 0.2) is 5.16 Å². The largest absolute Gasteiger partial charge is 0.368 e. The maximum absolute atomic E-state index is 5.72. The van der Waals surface area contributed by atoms with Crippen LogP contribution in [0.2, 0.25) is 0 Å². The van der Waals surface area contributed by atoms with Crippen LogP contribution in [0.25, 0.3) is 0 Å². The molecule has 0 bridgehead atoms. The molecule has 3 N–H and O–H groups in total.